The number of aromatic nitrogens is 1. The van der Waals surface area contributed by atoms with Gasteiger partial charge in [0.05, 0.1) is 43.9 Å². The second kappa shape index (κ2) is 10.5. The fraction of sp³-hybridized carbons (Fsp3) is 0.138. The highest BCUT2D eigenvalue weighted by molar-refractivity contribution is 9.10. The zero-order chi connectivity index (χ0) is 26.1. The van der Waals surface area contributed by atoms with Crippen LogP contribution in [0.3, 0.4) is 0 Å². The van der Waals surface area contributed by atoms with E-state index < -0.39 is 5.97 Å². The standard InChI is InChI=1S/C29H21BrN2O3S2/c1-3-35-28(34)23-22-14-17(2)12-13-32(22)25-24(23)27(26(33)18-8-10-21(30)11-9-18)37-29(25)36-16-20-7-5-4-6-19(20)15-31/h4-14H,3,16H2,1-2H3. The number of aryl methyl sites for hydroxylation is 1. The Labute approximate surface area is 230 Å². The topological polar surface area (TPSA) is 71.6 Å². The van der Waals surface area contributed by atoms with Gasteiger partial charge in [-0.2, -0.15) is 5.26 Å². The number of pyridine rings is 1. The highest BCUT2D eigenvalue weighted by Gasteiger charge is 2.29. The minimum atomic E-state index is -0.449. The third-order valence-corrected chi connectivity index (χ3v) is 9.01. The summed E-state index contributed by atoms with van der Waals surface area (Å²) >= 11 is 6.37. The summed E-state index contributed by atoms with van der Waals surface area (Å²) in [5.41, 5.74) is 5.00. The first-order valence-electron chi connectivity index (χ1n) is 11.6. The number of carbonyl (C=O) groups excluding carboxylic acids is 2. The van der Waals surface area contributed by atoms with Gasteiger partial charge in [0.25, 0.3) is 0 Å². The monoisotopic (exact) mass is 588 g/mol. The molecule has 5 aromatic rings. The molecular weight excluding hydrogens is 568 g/mol. The summed E-state index contributed by atoms with van der Waals surface area (Å²) in [6, 6.07) is 20.9. The van der Waals surface area contributed by atoms with Gasteiger partial charge in [0.1, 0.15) is 0 Å². The van der Waals surface area contributed by atoms with Crippen LogP contribution in [0.15, 0.2) is 75.5 Å². The van der Waals surface area contributed by atoms with Crippen molar-refractivity contribution in [2.45, 2.75) is 23.8 Å². The number of halogens is 1. The van der Waals surface area contributed by atoms with Crippen molar-refractivity contribution in [3.63, 3.8) is 0 Å². The maximum Gasteiger partial charge on any atom is 0.341 e. The molecule has 0 aliphatic heterocycles. The van der Waals surface area contributed by atoms with Crippen LogP contribution in [0, 0.1) is 18.3 Å². The molecule has 0 N–H and O–H groups in total. The van der Waals surface area contributed by atoms with Crippen LogP contribution in [0.4, 0.5) is 0 Å². The van der Waals surface area contributed by atoms with E-state index in [1.165, 1.54) is 11.3 Å². The molecule has 3 heterocycles. The Balaban J connectivity index is 1.75. The molecule has 0 aliphatic rings. The number of esters is 1. The Bertz CT molecular complexity index is 1710. The first-order chi connectivity index (χ1) is 17.9. The number of carbonyl (C=O) groups is 2. The molecule has 8 heteroatoms. The third kappa shape index (κ3) is 4.71. The molecule has 5 rings (SSSR count). The van der Waals surface area contributed by atoms with E-state index in [2.05, 4.69) is 22.0 Å². The Hall–Kier alpha value is -3.38. The van der Waals surface area contributed by atoms with Crippen molar-refractivity contribution in [3.05, 3.63) is 104 Å². The SMILES string of the molecule is CCOC(=O)c1c2c(C(=O)c3ccc(Br)cc3)sc(SCc3ccccc3C#N)c2n2ccc(C)cc12. The summed E-state index contributed by atoms with van der Waals surface area (Å²) in [7, 11) is 0. The molecule has 5 nitrogen and oxygen atoms in total. The quantitative estimate of drug-likeness (QED) is 0.110. The first kappa shape index (κ1) is 25.3. The summed E-state index contributed by atoms with van der Waals surface area (Å²) < 4.78 is 9.21. The number of rotatable bonds is 7. The van der Waals surface area contributed by atoms with Gasteiger partial charge in [-0.15, -0.1) is 23.1 Å². The van der Waals surface area contributed by atoms with Crippen molar-refractivity contribution in [2.75, 3.05) is 6.61 Å². The molecule has 2 aromatic carbocycles. The maximum atomic E-state index is 13.8. The zero-order valence-corrected chi connectivity index (χ0v) is 23.3. The molecule has 0 spiro atoms. The lowest BCUT2D eigenvalue weighted by Crippen LogP contribution is -2.06. The van der Waals surface area contributed by atoms with Crippen molar-refractivity contribution < 1.29 is 14.3 Å². The lowest BCUT2D eigenvalue weighted by Gasteiger charge is -2.05. The number of thioether (sulfide) groups is 1. The number of thiophene rings is 1. The van der Waals surface area contributed by atoms with Crippen molar-refractivity contribution in [2.24, 2.45) is 0 Å². The molecule has 37 heavy (non-hydrogen) atoms. The van der Waals surface area contributed by atoms with E-state index >= 15 is 0 Å². The van der Waals surface area contributed by atoms with E-state index in [0.29, 0.717) is 38.2 Å². The van der Waals surface area contributed by atoms with Crippen LogP contribution in [0.1, 0.15) is 49.2 Å². The van der Waals surface area contributed by atoms with Crippen LogP contribution < -0.4 is 0 Å². The van der Waals surface area contributed by atoms with Gasteiger partial charge in [0.15, 0.2) is 0 Å². The second-order valence-corrected chi connectivity index (χ2v) is 11.6. The number of nitrogens with zero attached hydrogens (tertiary/aromatic N) is 2. The smallest absolute Gasteiger partial charge is 0.341 e. The van der Waals surface area contributed by atoms with Gasteiger partial charge in [-0.1, -0.05) is 34.1 Å². The third-order valence-electron chi connectivity index (χ3n) is 6.00. The van der Waals surface area contributed by atoms with Crippen molar-refractivity contribution in [3.8, 4) is 6.07 Å². The largest absolute Gasteiger partial charge is 0.462 e. The fourth-order valence-electron chi connectivity index (χ4n) is 4.27. The highest BCUT2D eigenvalue weighted by Crippen LogP contribution is 2.45. The minimum Gasteiger partial charge on any atom is -0.462 e. The molecule has 0 amide bonds. The number of fused-ring (bicyclic) bond motifs is 3. The average Bonchev–Trinajstić information content (AvgIpc) is 3.42. The van der Waals surface area contributed by atoms with Crippen LogP contribution in [-0.4, -0.2) is 22.8 Å². The zero-order valence-electron chi connectivity index (χ0n) is 20.1. The van der Waals surface area contributed by atoms with Gasteiger partial charge in [0.2, 0.25) is 5.78 Å². The van der Waals surface area contributed by atoms with E-state index in [4.69, 9.17) is 4.74 Å². The van der Waals surface area contributed by atoms with Gasteiger partial charge in [-0.05, 0) is 67.4 Å². The molecule has 0 saturated carbocycles. The highest BCUT2D eigenvalue weighted by atomic mass is 79.9. The molecule has 0 saturated heterocycles. The summed E-state index contributed by atoms with van der Waals surface area (Å²) in [6.07, 6.45) is 1.93. The molecule has 0 atom stereocenters. The number of benzene rings is 2. The van der Waals surface area contributed by atoms with Crippen LogP contribution in [0.5, 0.6) is 0 Å². The van der Waals surface area contributed by atoms with E-state index in [-0.39, 0.29) is 12.4 Å². The number of ether oxygens (including phenoxy) is 1. The fourth-order valence-corrected chi connectivity index (χ4v) is 7.07. The molecule has 3 aromatic heterocycles. The predicted molar refractivity (Wildman–Crippen MR) is 152 cm³/mol. The van der Waals surface area contributed by atoms with Crippen molar-refractivity contribution >= 4 is 67.2 Å². The minimum absolute atomic E-state index is 0.148. The maximum absolute atomic E-state index is 13.8. The second-order valence-electron chi connectivity index (χ2n) is 8.39. The molecule has 184 valence electrons. The van der Waals surface area contributed by atoms with Gasteiger partial charge in [-0.25, -0.2) is 4.79 Å². The Morgan fingerprint density at radius 1 is 1.14 bits per heavy atom. The molecule has 0 fully saturated rings. The molecule has 0 aliphatic carbocycles. The van der Waals surface area contributed by atoms with Crippen molar-refractivity contribution in [1.82, 2.24) is 4.40 Å². The van der Waals surface area contributed by atoms with Gasteiger partial charge in [-0.3, -0.25) is 4.79 Å². The summed E-state index contributed by atoms with van der Waals surface area (Å²) in [5, 5.41) is 10.1. The average molecular weight is 590 g/mol. The van der Waals surface area contributed by atoms with Crippen LogP contribution in [0.25, 0.3) is 16.4 Å². The Morgan fingerprint density at radius 2 is 1.89 bits per heavy atom. The molecule has 0 radical (unpaired) electrons. The van der Waals surface area contributed by atoms with E-state index in [1.54, 1.807) is 36.9 Å². The van der Waals surface area contributed by atoms with E-state index in [0.717, 1.165) is 25.3 Å². The van der Waals surface area contributed by atoms with E-state index in [9.17, 15) is 14.9 Å². The van der Waals surface area contributed by atoms with Crippen LogP contribution in [0.2, 0.25) is 0 Å². The van der Waals surface area contributed by atoms with Gasteiger partial charge < -0.3 is 9.14 Å². The van der Waals surface area contributed by atoms with Crippen molar-refractivity contribution in [1.29, 1.82) is 5.26 Å². The van der Waals surface area contributed by atoms with Crippen LogP contribution >= 0.6 is 39.0 Å². The normalized spacial score (nSPS) is 11.1. The molecule has 0 bridgehead atoms. The summed E-state index contributed by atoms with van der Waals surface area (Å²) in [4.78, 5) is 27.6. The number of ketones is 1. The number of nitriles is 1. The molecule has 0 unspecified atom stereocenters. The summed E-state index contributed by atoms with van der Waals surface area (Å²) in [5.74, 6) is -0.0429. The number of hydrogen-bond acceptors (Lipinski definition) is 6. The van der Waals surface area contributed by atoms with Crippen LogP contribution in [-0.2, 0) is 10.5 Å². The lowest BCUT2D eigenvalue weighted by atomic mass is 10.1. The van der Waals surface area contributed by atoms with E-state index in [1.807, 2.05) is 60.0 Å². The Kier molecular flexibility index (Phi) is 7.20. The van der Waals surface area contributed by atoms with Gasteiger partial charge >= 0.3 is 5.97 Å². The van der Waals surface area contributed by atoms with Gasteiger partial charge in [0, 0.05) is 27.4 Å². The Morgan fingerprint density at radius 3 is 2.62 bits per heavy atom. The molecular formula is C29H21BrN2O3S2. The summed E-state index contributed by atoms with van der Waals surface area (Å²) in [6.45, 7) is 3.97. The lowest BCUT2D eigenvalue weighted by molar-refractivity contribution is 0.0531. The number of hydrogen-bond donors (Lipinski definition) is 0. The first-order valence-corrected chi connectivity index (χ1v) is 14.2. The predicted octanol–water partition coefficient (Wildman–Crippen LogP) is 7.80.